The SMILES string of the molecule is C=S1(=O)CCCN1c1ccccc1. The third-order valence-electron chi connectivity index (χ3n) is 2.27. The number of anilines is 1. The van der Waals surface area contributed by atoms with Crippen molar-refractivity contribution in [1.82, 2.24) is 0 Å². The lowest BCUT2D eigenvalue weighted by molar-refractivity contribution is 0.683. The molecule has 0 aliphatic carbocycles. The Morgan fingerprint density at radius 3 is 2.54 bits per heavy atom. The highest BCUT2D eigenvalue weighted by Crippen LogP contribution is 2.22. The molecule has 0 spiro atoms. The lowest BCUT2D eigenvalue weighted by Gasteiger charge is -2.20. The second-order valence-corrected chi connectivity index (χ2v) is 5.66. The van der Waals surface area contributed by atoms with Crippen molar-refractivity contribution in [3.63, 3.8) is 0 Å². The van der Waals surface area contributed by atoms with E-state index in [1.807, 2.05) is 34.6 Å². The van der Waals surface area contributed by atoms with Crippen LogP contribution in [0.4, 0.5) is 5.69 Å². The van der Waals surface area contributed by atoms with Gasteiger partial charge in [-0.05, 0) is 24.4 Å². The van der Waals surface area contributed by atoms with Crippen molar-refractivity contribution in [2.75, 3.05) is 16.6 Å². The zero-order valence-electron chi connectivity index (χ0n) is 7.48. The Labute approximate surface area is 79.3 Å². The molecule has 1 saturated heterocycles. The fourth-order valence-electron chi connectivity index (χ4n) is 1.63. The van der Waals surface area contributed by atoms with Crippen molar-refractivity contribution in [3.8, 4) is 0 Å². The third kappa shape index (κ3) is 1.56. The first-order valence-electron chi connectivity index (χ1n) is 4.38. The van der Waals surface area contributed by atoms with Crippen molar-refractivity contribution in [2.24, 2.45) is 0 Å². The molecule has 1 aliphatic rings. The van der Waals surface area contributed by atoms with Gasteiger partial charge >= 0.3 is 0 Å². The van der Waals surface area contributed by atoms with E-state index in [9.17, 15) is 4.21 Å². The summed E-state index contributed by atoms with van der Waals surface area (Å²) in [6.45, 7) is 0.867. The van der Waals surface area contributed by atoms with E-state index in [1.54, 1.807) is 0 Å². The van der Waals surface area contributed by atoms with Crippen LogP contribution < -0.4 is 4.31 Å². The molecular weight excluding hydrogens is 182 g/mol. The third-order valence-corrected chi connectivity index (χ3v) is 4.39. The molecule has 0 amide bonds. The second-order valence-electron chi connectivity index (χ2n) is 3.27. The van der Waals surface area contributed by atoms with Crippen LogP contribution in [0, 0.1) is 0 Å². The van der Waals surface area contributed by atoms with Gasteiger partial charge in [-0.1, -0.05) is 18.2 Å². The summed E-state index contributed by atoms with van der Waals surface area (Å²) in [6.07, 6.45) is 0.983. The highest BCUT2D eigenvalue weighted by atomic mass is 32.2. The zero-order chi connectivity index (χ0) is 9.31. The van der Waals surface area contributed by atoms with Crippen LogP contribution in [0.15, 0.2) is 30.3 Å². The Balaban J connectivity index is 2.38. The van der Waals surface area contributed by atoms with Gasteiger partial charge in [-0.25, -0.2) is 4.21 Å². The van der Waals surface area contributed by atoms with Crippen LogP contribution in [-0.2, 0) is 9.71 Å². The van der Waals surface area contributed by atoms with Crippen LogP contribution in [0.25, 0.3) is 0 Å². The van der Waals surface area contributed by atoms with Crippen LogP contribution in [-0.4, -0.2) is 22.4 Å². The fourth-order valence-corrected chi connectivity index (χ4v) is 3.39. The molecule has 0 aromatic heterocycles. The number of rotatable bonds is 1. The Morgan fingerprint density at radius 2 is 2.00 bits per heavy atom. The van der Waals surface area contributed by atoms with Crippen molar-refractivity contribution in [2.45, 2.75) is 6.42 Å². The molecule has 1 fully saturated rings. The maximum atomic E-state index is 11.9. The number of hydrogen-bond acceptors (Lipinski definition) is 1. The number of benzene rings is 1. The summed E-state index contributed by atoms with van der Waals surface area (Å²) >= 11 is 0. The second kappa shape index (κ2) is 3.07. The number of nitrogens with zero attached hydrogens (tertiary/aromatic N) is 1. The molecule has 70 valence electrons. The number of para-hydroxylation sites is 1. The van der Waals surface area contributed by atoms with Crippen LogP contribution in [0.5, 0.6) is 0 Å². The van der Waals surface area contributed by atoms with Gasteiger partial charge in [-0.2, -0.15) is 0 Å². The Bertz CT molecular complexity index is 383. The van der Waals surface area contributed by atoms with Crippen molar-refractivity contribution in [1.29, 1.82) is 0 Å². The van der Waals surface area contributed by atoms with Crippen molar-refractivity contribution < 1.29 is 4.21 Å². The molecule has 1 atom stereocenters. The molecular formula is C10H13NOS. The average molecular weight is 195 g/mol. The summed E-state index contributed by atoms with van der Waals surface area (Å²) in [4.78, 5) is 0. The molecule has 0 N–H and O–H groups in total. The van der Waals surface area contributed by atoms with Gasteiger partial charge in [-0.15, -0.1) is 0 Å². The summed E-state index contributed by atoms with van der Waals surface area (Å²) in [5.41, 5.74) is 1.03. The Morgan fingerprint density at radius 1 is 1.31 bits per heavy atom. The normalized spacial score (nSPS) is 27.8. The van der Waals surface area contributed by atoms with E-state index in [4.69, 9.17) is 0 Å². The van der Waals surface area contributed by atoms with E-state index in [-0.39, 0.29) is 0 Å². The van der Waals surface area contributed by atoms with Crippen LogP contribution >= 0.6 is 0 Å². The summed E-state index contributed by atoms with van der Waals surface area (Å²) in [7, 11) is -2.01. The molecule has 1 heterocycles. The standard InChI is InChI=1S/C10H13NOS/c1-13(12)9-5-8-11(13)10-6-3-2-4-7-10/h2-4,6-7H,1,5,8-9H2. The van der Waals surface area contributed by atoms with Crippen LogP contribution in [0.2, 0.25) is 0 Å². The zero-order valence-corrected chi connectivity index (χ0v) is 8.30. The van der Waals surface area contributed by atoms with Gasteiger partial charge in [0.2, 0.25) is 0 Å². The van der Waals surface area contributed by atoms with E-state index in [1.165, 1.54) is 0 Å². The van der Waals surface area contributed by atoms with Gasteiger partial charge in [-0.3, -0.25) is 4.31 Å². The largest absolute Gasteiger partial charge is 0.299 e. The minimum atomic E-state index is -2.01. The quantitative estimate of drug-likeness (QED) is 0.622. The van der Waals surface area contributed by atoms with E-state index in [0.29, 0.717) is 0 Å². The monoisotopic (exact) mass is 195 g/mol. The van der Waals surface area contributed by atoms with Gasteiger partial charge in [0.15, 0.2) is 0 Å². The molecule has 0 saturated carbocycles. The van der Waals surface area contributed by atoms with Gasteiger partial charge in [0, 0.05) is 27.7 Å². The molecule has 2 rings (SSSR count). The fraction of sp³-hybridized carbons (Fsp3) is 0.300. The first-order chi connectivity index (χ1) is 6.20. The molecule has 1 aliphatic heterocycles. The van der Waals surface area contributed by atoms with Gasteiger partial charge in [0.05, 0.1) is 0 Å². The van der Waals surface area contributed by atoms with Gasteiger partial charge < -0.3 is 0 Å². The minimum absolute atomic E-state index is 0.724. The highest BCUT2D eigenvalue weighted by Gasteiger charge is 2.22. The van der Waals surface area contributed by atoms with Crippen molar-refractivity contribution >= 4 is 21.3 Å². The topological polar surface area (TPSA) is 20.3 Å². The lowest BCUT2D eigenvalue weighted by Crippen LogP contribution is -2.24. The lowest BCUT2D eigenvalue weighted by atomic mass is 10.3. The summed E-state index contributed by atoms with van der Waals surface area (Å²) in [5.74, 6) is 4.51. The molecule has 0 radical (unpaired) electrons. The Hall–Kier alpha value is -0.960. The number of hydrogen-bond donors (Lipinski definition) is 0. The molecule has 1 aromatic carbocycles. The van der Waals surface area contributed by atoms with E-state index >= 15 is 0 Å². The molecule has 3 heteroatoms. The van der Waals surface area contributed by atoms with Gasteiger partial charge in [0.25, 0.3) is 0 Å². The molecule has 1 aromatic rings. The van der Waals surface area contributed by atoms with Crippen LogP contribution in [0.1, 0.15) is 6.42 Å². The predicted molar refractivity (Wildman–Crippen MR) is 58.5 cm³/mol. The van der Waals surface area contributed by atoms with E-state index in [0.717, 1.165) is 24.4 Å². The predicted octanol–water partition coefficient (Wildman–Crippen LogP) is 1.53. The summed E-state index contributed by atoms with van der Waals surface area (Å²) in [6, 6.07) is 9.85. The maximum absolute atomic E-state index is 11.9. The first-order valence-corrected chi connectivity index (χ1v) is 6.23. The maximum Gasteiger partial charge on any atom is 0.0486 e. The smallest absolute Gasteiger partial charge is 0.0486 e. The minimum Gasteiger partial charge on any atom is -0.299 e. The van der Waals surface area contributed by atoms with Gasteiger partial charge in [0.1, 0.15) is 0 Å². The summed E-state index contributed by atoms with van der Waals surface area (Å²) < 4.78 is 13.9. The molecule has 1 unspecified atom stereocenters. The summed E-state index contributed by atoms with van der Waals surface area (Å²) in [5, 5.41) is 0. The van der Waals surface area contributed by atoms with Crippen LogP contribution in [0.3, 0.4) is 0 Å². The van der Waals surface area contributed by atoms with Crippen molar-refractivity contribution in [3.05, 3.63) is 30.3 Å². The first kappa shape index (κ1) is 8.63. The van der Waals surface area contributed by atoms with E-state index < -0.39 is 9.71 Å². The molecule has 2 nitrogen and oxygen atoms in total. The van der Waals surface area contributed by atoms with E-state index in [2.05, 4.69) is 5.87 Å². The average Bonchev–Trinajstić information content (AvgIpc) is 2.47. The molecule has 0 bridgehead atoms. The Kier molecular flexibility index (Phi) is 2.04. The molecule has 13 heavy (non-hydrogen) atoms. The highest BCUT2D eigenvalue weighted by molar-refractivity contribution is 8.01.